The fourth-order valence-electron chi connectivity index (χ4n) is 2.89. The normalized spacial score (nSPS) is 11.4. The molecule has 0 saturated heterocycles. The highest BCUT2D eigenvalue weighted by Gasteiger charge is 2.10. The third-order valence-electron chi connectivity index (χ3n) is 4.41. The van der Waals surface area contributed by atoms with Gasteiger partial charge in [-0.2, -0.15) is 0 Å². The van der Waals surface area contributed by atoms with Crippen LogP contribution in [0, 0.1) is 11.6 Å². The number of primary sulfonamides is 1. The molecule has 0 aliphatic carbocycles. The predicted octanol–water partition coefficient (Wildman–Crippen LogP) is 4.92. The van der Waals surface area contributed by atoms with E-state index in [1.807, 2.05) is 24.3 Å². The van der Waals surface area contributed by atoms with Crippen LogP contribution in [-0.4, -0.2) is 13.5 Å². The summed E-state index contributed by atoms with van der Waals surface area (Å²) in [5.74, 6) is -1.77. The maximum Gasteiger partial charge on any atom is 0.238 e. The van der Waals surface area contributed by atoms with Gasteiger partial charge in [-0.15, -0.1) is 0 Å². The predicted molar refractivity (Wildman–Crippen MR) is 113 cm³/mol. The van der Waals surface area contributed by atoms with Crippen LogP contribution in [0.1, 0.15) is 18.4 Å². The van der Waals surface area contributed by atoms with E-state index in [0.717, 1.165) is 39.9 Å². The zero-order valence-corrected chi connectivity index (χ0v) is 17.5. The van der Waals surface area contributed by atoms with Crippen LogP contribution in [0.4, 0.5) is 8.78 Å². The number of thioether (sulfide) groups is 1. The highest BCUT2D eigenvalue weighted by atomic mass is 32.2. The molecule has 4 nitrogen and oxygen atoms in total. The van der Waals surface area contributed by atoms with Crippen molar-refractivity contribution in [3.63, 3.8) is 0 Å². The van der Waals surface area contributed by atoms with Crippen molar-refractivity contribution in [3.05, 3.63) is 83.9 Å². The summed E-state index contributed by atoms with van der Waals surface area (Å²) in [7, 11) is -3.75. The van der Waals surface area contributed by atoms with Crippen LogP contribution in [0.5, 0.6) is 0 Å². The second-order valence-corrected chi connectivity index (χ2v) is 9.37. The quantitative estimate of drug-likeness (QED) is 0.522. The Morgan fingerprint density at radius 3 is 2.30 bits per heavy atom. The number of halogens is 2. The number of benzene rings is 3. The number of rotatable bonds is 7. The highest BCUT2D eigenvalue weighted by Crippen LogP contribution is 2.28. The fourth-order valence-corrected chi connectivity index (χ4v) is 4.25. The largest absolute Gasteiger partial charge is 0.287 e. The summed E-state index contributed by atoms with van der Waals surface area (Å²) in [4.78, 5) is 13.1. The van der Waals surface area contributed by atoms with Crippen LogP contribution >= 0.6 is 11.8 Å². The molecule has 0 aliphatic rings. The number of hydrogen-bond acceptors (Lipinski definition) is 4. The van der Waals surface area contributed by atoms with Gasteiger partial charge in [0.15, 0.2) is 16.7 Å². The molecule has 0 unspecified atom stereocenters. The van der Waals surface area contributed by atoms with Crippen LogP contribution in [-0.2, 0) is 21.2 Å². The van der Waals surface area contributed by atoms with Crippen molar-refractivity contribution in [2.45, 2.75) is 29.1 Å². The van der Waals surface area contributed by atoms with Crippen molar-refractivity contribution in [2.75, 3.05) is 0 Å². The Morgan fingerprint density at radius 2 is 1.63 bits per heavy atom. The first-order valence-corrected chi connectivity index (χ1v) is 11.5. The summed E-state index contributed by atoms with van der Waals surface area (Å²) in [5.41, 5.74) is 2.29. The number of carbonyl (C=O) groups is 1. The van der Waals surface area contributed by atoms with E-state index in [2.05, 4.69) is 0 Å². The Bertz CT molecular complexity index is 1160. The third-order valence-corrected chi connectivity index (χ3v) is 6.26. The molecule has 0 aromatic heterocycles. The monoisotopic (exact) mass is 447 g/mol. The van der Waals surface area contributed by atoms with E-state index in [4.69, 9.17) is 5.14 Å². The van der Waals surface area contributed by atoms with Gasteiger partial charge in [-0.05, 0) is 65.9 Å². The topological polar surface area (TPSA) is 77.2 Å². The standard InChI is InChI=1S/C22H19F2NO3S2/c23-20-12-7-15(13-21(20)24)3-1-6-22(26)29-18-5-2-4-17(14-18)16-8-10-19(11-9-16)30(25,27)28/h2,4-5,7-14H,1,3,6H2,(H2,25,27,28). The van der Waals surface area contributed by atoms with Crippen molar-refractivity contribution in [2.24, 2.45) is 5.14 Å². The zero-order chi connectivity index (χ0) is 21.7. The summed E-state index contributed by atoms with van der Waals surface area (Å²) < 4.78 is 48.9. The van der Waals surface area contributed by atoms with E-state index in [1.165, 1.54) is 18.2 Å². The van der Waals surface area contributed by atoms with Gasteiger partial charge in [-0.3, -0.25) is 4.79 Å². The smallest absolute Gasteiger partial charge is 0.238 e. The van der Waals surface area contributed by atoms with Gasteiger partial charge in [0.1, 0.15) is 0 Å². The molecule has 0 amide bonds. The fraction of sp³-hybridized carbons (Fsp3) is 0.136. The van der Waals surface area contributed by atoms with Gasteiger partial charge in [0.2, 0.25) is 10.0 Å². The molecule has 30 heavy (non-hydrogen) atoms. The minimum Gasteiger partial charge on any atom is -0.287 e. The van der Waals surface area contributed by atoms with Gasteiger partial charge < -0.3 is 0 Å². The molecule has 8 heteroatoms. The van der Waals surface area contributed by atoms with E-state index < -0.39 is 21.7 Å². The molecule has 3 rings (SSSR count). The molecular formula is C22H19F2NO3S2. The van der Waals surface area contributed by atoms with E-state index in [0.29, 0.717) is 24.8 Å². The summed E-state index contributed by atoms with van der Waals surface area (Å²) in [6.07, 6.45) is 1.32. The average Bonchev–Trinajstić information content (AvgIpc) is 2.70. The third kappa shape index (κ3) is 5.98. The molecular weight excluding hydrogens is 428 g/mol. The van der Waals surface area contributed by atoms with Crippen molar-refractivity contribution >= 4 is 26.9 Å². The molecule has 0 spiro atoms. The number of carbonyl (C=O) groups excluding carboxylic acids is 1. The number of sulfonamides is 1. The van der Waals surface area contributed by atoms with Gasteiger partial charge in [0.25, 0.3) is 0 Å². The van der Waals surface area contributed by atoms with E-state index in [1.54, 1.807) is 12.1 Å². The summed E-state index contributed by atoms with van der Waals surface area (Å²) in [5, 5.41) is 5.08. The number of aryl methyl sites for hydroxylation is 1. The molecule has 0 fully saturated rings. The summed E-state index contributed by atoms with van der Waals surface area (Å²) in [6.45, 7) is 0. The molecule has 0 bridgehead atoms. The maximum atomic E-state index is 13.2. The molecule has 3 aromatic rings. The zero-order valence-electron chi connectivity index (χ0n) is 15.8. The lowest BCUT2D eigenvalue weighted by Gasteiger charge is -2.06. The molecule has 0 aliphatic heterocycles. The first-order chi connectivity index (χ1) is 14.2. The van der Waals surface area contributed by atoms with Crippen molar-refractivity contribution in [3.8, 4) is 11.1 Å². The van der Waals surface area contributed by atoms with Gasteiger partial charge in [-0.25, -0.2) is 22.3 Å². The lowest BCUT2D eigenvalue weighted by Crippen LogP contribution is -2.11. The molecule has 0 atom stereocenters. The second-order valence-electron chi connectivity index (χ2n) is 6.67. The summed E-state index contributed by atoms with van der Waals surface area (Å²) >= 11 is 1.11. The van der Waals surface area contributed by atoms with E-state index in [9.17, 15) is 22.0 Å². The first-order valence-electron chi connectivity index (χ1n) is 9.10. The van der Waals surface area contributed by atoms with Crippen LogP contribution in [0.3, 0.4) is 0 Å². The number of nitrogens with two attached hydrogens (primary N) is 1. The van der Waals surface area contributed by atoms with Crippen molar-refractivity contribution in [1.29, 1.82) is 0 Å². The Labute approximate surface area is 178 Å². The molecule has 156 valence electrons. The van der Waals surface area contributed by atoms with Crippen LogP contribution < -0.4 is 5.14 Å². The molecule has 0 heterocycles. The van der Waals surface area contributed by atoms with Gasteiger partial charge in [0, 0.05) is 11.3 Å². The summed E-state index contributed by atoms with van der Waals surface area (Å²) in [6, 6.07) is 17.3. The first kappa shape index (κ1) is 22.1. The van der Waals surface area contributed by atoms with Crippen molar-refractivity contribution in [1.82, 2.24) is 0 Å². The Balaban J connectivity index is 1.59. The van der Waals surface area contributed by atoms with Gasteiger partial charge in [0.05, 0.1) is 4.90 Å². The minimum absolute atomic E-state index is 0.0284. The Hall–Kier alpha value is -2.55. The second kappa shape index (κ2) is 9.51. The lowest BCUT2D eigenvalue weighted by atomic mass is 10.1. The van der Waals surface area contributed by atoms with Crippen LogP contribution in [0.2, 0.25) is 0 Å². The Morgan fingerprint density at radius 1 is 0.900 bits per heavy atom. The number of hydrogen-bond donors (Lipinski definition) is 1. The van der Waals surface area contributed by atoms with E-state index >= 15 is 0 Å². The van der Waals surface area contributed by atoms with Crippen LogP contribution in [0.25, 0.3) is 11.1 Å². The Kier molecular flexibility index (Phi) is 7.02. The molecule has 3 aromatic carbocycles. The van der Waals surface area contributed by atoms with Crippen LogP contribution in [0.15, 0.2) is 76.5 Å². The highest BCUT2D eigenvalue weighted by molar-refractivity contribution is 8.13. The average molecular weight is 448 g/mol. The lowest BCUT2D eigenvalue weighted by molar-refractivity contribution is -0.111. The van der Waals surface area contributed by atoms with Gasteiger partial charge >= 0.3 is 0 Å². The molecule has 0 saturated carbocycles. The van der Waals surface area contributed by atoms with Gasteiger partial charge in [-0.1, -0.05) is 42.1 Å². The molecule has 2 N–H and O–H groups in total. The van der Waals surface area contributed by atoms with E-state index in [-0.39, 0.29) is 10.0 Å². The van der Waals surface area contributed by atoms with Crippen molar-refractivity contribution < 1.29 is 22.0 Å². The minimum atomic E-state index is -3.75. The SMILES string of the molecule is NS(=O)(=O)c1ccc(-c2cccc(SC(=O)CCCc3ccc(F)c(F)c3)c2)cc1. The molecule has 0 radical (unpaired) electrons. The maximum absolute atomic E-state index is 13.2.